The molecule has 0 fully saturated rings. The molecular weight excluding hydrogens is 428 g/mol. The summed E-state index contributed by atoms with van der Waals surface area (Å²) < 4.78 is 33.1. The van der Waals surface area contributed by atoms with Crippen LogP contribution in [0.3, 0.4) is 0 Å². The molecule has 0 aliphatic carbocycles. The van der Waals surface area contributed by atoms with E-state index in [2.05, 4.69) is 0 Å². The summed E-state index contributed by atoms with van der Waals surface area (Å²) in [5.74, 6) is 0.254. The second-order valence-electron chi connectivity index (χ2n) is 6.56. The summed E-state index contributed by atoms with van der Waals surface area (Å²) >= 11 is 5.93. The van der Waals surface area contributed by atoms with Gasteiger partial charge >= 0.3 is 0 Å². The number of hydrogen-bond acceptors (Lipinski definition) is 5. The van der Waals surface area contributed by atoms with Crippen molar-refractivity contribution in [3.63, 3.8) is 0 Å². The van der Waals surface area contributed by atoms with E-state index in [1.165, 1.54) is 37.4 Å². The van der Waals surface area contributed by atoms with Crippen molar-refractivity contribution in [1.82, 2.24) is 0 Å². The van der Waals surface area contributed by atoms with Gasteiger partial charge in [0.15, 0.2) is 0 Å². The minimum Gasteiger partial charge on any atom is -0.496 e. The average molecular weight is 447 g/mol. The van der Waals surface area contributed by atoms with Crippen molar-refractivity contribution < 1.29 is 18.1 Å². The number of halogens is 1. The molecule has 0 heterocycles. The van der Waals surface area contributed by atoms with Crippen LogP contribution in [0.5, 0.6) is 5.75 Å². The molecule has 0 amide bonds. The first-order valence-electron chi connectivity index (χ1n) is 8.88. The van der Waals surface area contributed by atoms with Crippen LogP contribution in [-0.2, 0) is 16.6 Å². The molecule has 156 valence electrons. The Balaban J connectivity index is 2.18. The zero-order chi connectivity index (χ0) is 21.9. The van der Waals surface area contributed by atoms with Gasteiger partial charge in [-0.05, 0) is 48.9 Å². The summed E-state index contributed by atoms with van der Waals surface area (Å²) in [7, 11) is -2.72. The van der Waals surface area contributed by atoms with E-state index in [1.807, 2.05) is 6.92 Å². The number of nitro benzene ring substituents is 1. The number of ether oxygens (including phenoxy) is 1. The van der Waals surface area contributed by atoms with Crippen molar-refractivity contribution in [3.05, 3.63) is 93.0 Å². The van der Waals surface area contributed by atoms with Crippen molar-refractivity contribution in [1.29, 1.82) is 0 Å². The number of benzene rings is 3. The van der Waals surface area contributed by atoms with Crippen molar-refractivity contribution >= 4 is 33.0 Å². The van der Waals surface area contributed by atoms with Gasteiger partial charge in [-0.1, -0.05) is 41.4 Å². The summed E-state index contributed by atoms with van der Waals surface area (Å²) in [4.78, 5) is 11.1. The highest BCUT2D eigenvalue weighted by molar-refractivity contribution is 7.92. The van der Waals surface area contributed by atoms with Gasteiger partial charge in [0, 0.05) is 5.02 Å². The third-order valence-corrected chi connectivity index (χ3v) is 6.52. The van der Waals surface area contributed by atoms with Crippen molar-refractivity contribution in [3.8, 4) is 5.75 Å². The van der Waals surface area contributed by atoms with Gasteiger partial charge in [0.25, 0.3) is 15.7 Å². The smallest absolute Gasteiger partial charge is 0.297 e. The van der Waals surface area contributed by atoms with Crippen molar-refractivity contribution in [2.45, 2.75) is 18.4 Å². The Morgan fingerprint density at radius 1 is 1.03 bits per heavy atom. The van der Waals surface area contributed by atoms with Gasteiger partial charge in [0.1, 0.15) is 11.4 Å². The van der Waals surface area contributed by atoms with E-state index in [9.17, 15) is 18.5 Å². The topological polar surface area (TPSA) is 89.8 Å². The second kappa shape index (κ2) is 8.73. The number of rotatable bonds is 7. The molecule has 0 atom stereocenters. The van der Waals surface area contributed by atoms with Gasteiger partial charge in [-0.2, -0.15) is 0 Å². The van der Waals surface area contributed by atoms with E-state index >= 15 is 0 Å². The first-order valence-corrected chi connectivity index (χ1v) is 10.7. The fourth-order valence-corrected chi connectivity index (χ4v) is 4.47. The average Bonchev–Trinajstić information content (AvgIpc) is 2.73. The quantitative estimate of drug-likeness (QED) is 0.378. The van der Waals surface area contributed by atoms with Crippen LogP contribution in [0.2, 0.25) is 5.02 Å². The fraction of sp³-hybridized carbons (Fsp3) is 0.143. The number of anilines is 1. The number of nitrogens with zero attached hydrogens (tertiary/aromatic N) is 2. The molecule has 0 unspecified atom stereocenters. The molecule has 3 aromatic carbocycles. The SMILES string of the molecule is COc1ccc(N(Cc2ccc(Cl)cc2)S(=O)(=O)c2ccc(C)cc2)c([N+](=O)[O-])c1. The van der Waals surface area contributed by atoms with Gasteiger partial charge in [0.2, 0.25) is 0 Å². The molecule has 0 bridgehead atoms. The third-order valence-electron chi connectivity index (χ3n) is 4.50. The lowest BCUT2D eigenvalue weighted by Gasteiger charge is -2.25. The molecule has 9 heteroatoms. The van der Waals surface area contributed by atoms with Crippen LogP contribution < -0.4 is 9.04 Å². The van der Waals surface area contributed by atoms with E-state index < -0.39 is 14.9 Å². The van der Waals surface area contributed by atoms with Crippen LogP contribution >= 0.6 is 11.6 Å². The van der Waals surface area contributed by atoms with Crippen LogP contribution in [0, 0.1) is 17.0 Å². The predicted octanol–water partition coefficient (Wildman–Crippen LogP) is 4.96. The van der Waals surface area contributed by atoms with Crippen molar-refractivity contribution in [2.75, 3.05) is 11.4 Å². The lowest BCUT2D eigenvalue weighted by molar-refractivity contribution is -0.384. The molecular formula is C21H19ClN2O5S. The maximum absolute atomic E-state index is 13.5. The fourth-order valence-electron chi connectivity index (χ4n) is 2.88. The third kappa shape index (κ3) is 4.55. The first kappa shape index (κ1) is 21.6. The molecule has 0 N–H and O–H groups in total. The molecule has 0 saturated heterocycles. The normalized spacial score (nSPS) is 11.2. The van der Waals surface area contributed by atoms with Gasteiger partial charge < -0.3 is 4.74 Å². The summed E-state index contributed by atoms with van der Waals surface area (Å²) in [6.45, 7) is 1.73. The summed E-state index contributed by atoms with van der Waals surface area (Å²) in [6, 6.07) is 17.0. The maximum Gasteiger partial charge on any atom is 0.297 e. The predicted molar refractivity (Wildman–Crippen MR) is 116 cm³/mol. The molecule has 3 aromatic rings. The second-order valence-corrected chi connectivity index (χ2v) is 8.86. The highest BCUT2D eigenvalue weighted by Crippen LogP contribution is 2.36. The molecule has 0 aliphatic heterocycles. The molecule has 0 aromatic heterocycles. The zero-order valence-electron chi connectivity index (χ0n) is 16.3. The molecule has 7 nitrogen and oxygen atoms in total. The zero-order valence-corrected chi connectivity index (χ0v) is 17.9. The molecule has 3 rings (SSSR count). The molecule has 30 heavy (non-hydrogen) atoms. The Morgan fingerprint density at radius 2 is 1.67 bits per heavy atom. The maximum atomic E-state index is 13.5. The molecule has 0 radical (unpaired) electrons. The Kier molecular flexibility index (Phi) is 6.28. The monoisotopic (exact) mass is 446 g/mol. The summed E-state index contributed by atoms with van der Waals surface area (Å²) in [5, 5.41) is 12.2. The number of nitro groups is 1. The summed E-state index contributed by atoms with van der Waals surface area (Å²) in [6.07, 6.45) is 0. The lowest BCUT2D eigenvalue weighted by atomic mass is 10.2. The molecule has 0 aliphatic rings. The van der Waals surface area contributed by atoms with Crippen LogP contribution in [-0.4, -0.2) is 20.5 Å². The largest absolute Gasteiger partial charge is 0.496 e. The highest BCUT2D eigenvalue weighted by Gasteiger charge is 2.31. The standard InChI is InChI=1S/C21H19ClN2O5S/c1-15-3-10-19(11-4-15)30(27,28)23(14-16-5-7-17(22)8-6-16)20-12-9-18(29-2)13-21(20)24(25)26/h3-13H,14H2,1-2H3. The highest BCUT2D eigenvalue weighted by atomic mass is 35.5. The molecule has 0 spiro atoms. The Morgan fingerprint density at radius 3 is 2.23 bits per heavy atom. The number of hydrogen-bond donors (Lipinski definition) is 0. The van der Waals surface area contributed by atoms with Crippen LogP contribution in [0.1, 0.15) is 11.1 Å². The van der Waals surface area contributed by atoms with E-state index in [0.29, 0.717) is 10.6 Å². The van der Waals surface area contributed by atoms with Gasteiger partial charge in [0.05, 0.1) is 29.5 Å². The van der Waals surface area contributed by atoms with E-state index in [1.54, 1.807) is 36.4 Å². The van der Waals surface area contributed by atoms with Gasteiger partial charge in [-0.25, -0.2) is 8.42 Å². The Bertz CT molecular complexity index is 1160. The number of methoxy groups -OCH3 is 1. The van der Waals surface area contributed by atoms with E-state index in [4.69, 9.17) is 16.3 Å². The Hall–Kier alpha value is -3.10. The van der Waals surface area contributed by atoms with Gasteiger partial charge in [-0.15, -0.1) is 0 Å². The van der Waals surface area contributed by atoms with Crippen molar-refractivity contribution in [2.24, 2.45) is 0 Å². The number of sulfonamides is 1. The van der Waals surface area contributed by atoms with Gasteiger partial charge in [-0.3, -0.25) is 14.4 Å². The van der Waals surface area contributed by atoms with E-state index in [-0.39, 0.29) is 28.6 Å². The van der Waals surface area contributed by atoms with Crippen LogP contribution in [0.25, 0.3) is 0 Å². The first-order chi connectivity index (χ1) is 14.2. The minimum absolute atomic E-state index is 0.0344. The Labute approximate surface area is 179 Å². The van der Waals surface area contributed by atoms with E-state index in [0.717, 1.165) is 9.87 Å². The van der Waals surface area contributed by atoms with Crippen LogP contribution in [0.15, 0.2) is 71.6 Å². The number of aryl methyl sites for hydroxylation is 1. The minimum atomic E-state index is -4.10. The molecule has 0 saturated carbocycles. The summed E-state index contributed by atoms with van der Waals surface area (Å²) in [5.41, 5.74) is 1.09. The van der Waals surface area contributed by atoms with Crippen LogP contribution in [0.4, 0.5) is 11.4 Å². The lowest BCUT2D eigenvalue weighted by Crippen LogP contribution is -2.31.